The van der Waals surface area contributed by atoms with Crippen molar-refractivity contribution in [2.24, 2.45) is 5.92 Å². The average molecular weight is 270 g/mol. The van der Waals surface area contributed by atoms with E-state index in [-0.39, 0.29) is 12.4 Å². The molecule has 1 fully saturated rings. The normalized spacial score (nSPS) is 23.5. The van der Waals surface area contributed by atoms with Crippen LogP contribution in [0, 0.1) is 5.92 Å². The smallest absolute Gasteiger partial charge is 0.214 e. The highest BCUT2D eigenvalue weighted by molar-refractivity contribution is 7.89. The van der Waals surface area contributed by atoms with Crippen molar-refractivity contribution in [1.29, 1.82) is 0 Å². The van der Waals surface area contributed by atoms with Crippen LogP contribution in [0.2, 0.25) is 0 Å². The van der Waals surface area contributed by atoms with Gasteiger partial charge in [0.05, 0.1) is 5.75 Å². The average Bonchev–Trinajstić information content (AvgIpc) is 2.27. The number of sulfonamides is 1. The molecule has 0 spiro atoms. The van der Waals surface area contributed by atoms with Crippen LogP contribution in [0.25, 0.3) is 0 Å². The Kier molecular flexibility index (Phi) is 6.03. The topological polar surface area (TPSA) is 57.6 Å². The first-order chi connectivity index (χ1) is 7.60. The zero-order valence-corrected chi connectivity index (χ0v) is 11.0. The van der Waals surface area contributed by atoms with Crippen LogP contribution in [0.3, 0.4) is 0 Å². The van der Waals surface area contributed by atoms with Gasteiger partial charge in [0.1, 0.15) is 0 Å². The summed E-state index contributed by atoms with van der Waals surface area (Å²) >= 11 is 5.51. The number of aliphatic hydroxyl groups excluding tert-OH is 1. The lowest BCUT2D eigenvalue weighted by Gasteiger charge is -2.31. The molecule has 1 aliphatic heterocycles. The summed E-state index contributed by atoms with van der Waals surface area (Å²) in [5.41, 5.74) is 0. The number of aliphatic hydroxyl groups is 1. The van der Waals surface area contributed by atoms with Crippen molar-refractivity contribution in [3.05, 3.63) is 0 Å². The molecule has 1 atom stereocenters. The van der Waals surface area contributed by atoms with Crippen LogP contribution in [-0.2, 0) is 10.0 Å². The van der Waals surface area contributed by atoms with Crippen molar-refractivity contribution in [3.8, 4) is 0 Å². The van der Waals surface area contributed by atoms with E-state index in [2.05, 4.69) is 0 Å². The molecule has 6 heteroatoms. The van der Waals surface area contributed by atoms with Crippen molar-refractivity contribution in [3.63, 3.8) is 0 Å². The van der Waals surface area contributed by atoms with Gasteiger partial charge in [-0.05, 0) is 31.6 Å². The third-order valence-corrected chi connectivity index (χ3v) is 5.14. The summed E-state index contributed by atoms with van der Waals surface area (Å²) in [4.78, 5) is 0. The first-order valence-corrected chi connectivity index (χ1v) is 7.89. The molecule has 96 valence electrons. The summed E-state index contributed by atoms with van der Waals surface area (Å²) < 4.78 is 25.4. The lowest BCUT2D eigenvalue weighted by Crippen LogP contribution is -2.41. The number of alkyl halides is 1. The van der Waals surface area contributed by atoms with Crippen LogP contribution >= 0.6 is 11.6 Å². The highest BCUT2D eigenvalue weighted by Gasteiger charge is 2.27. The first-order valence-electron chi connectivity index (χ1n) is 5.75. The van der Waals surface area contributed by atoms with Crippen molar-refractivity contribution < 1.29 is 13.5 Å². The summed E-state index contributed by atoms with van der Waals surface area (Å²) in [6.07, 6.45) is 3.11. The molecule has 1 saturated heterocycles. The summed E-state index contributed by atoms with van der Waals surface area (Å²) in [5.74, 6) is 0.833. The number of rotatable bonds is 6. The van der Waals surface area contributed by atoms with Gasteiger partial charge in [-0.3, -0.25) is 0 Å². The molecule has 0 aromatic carbocycles. The minimum absolute atomic E-state index is 0.139. The van der Waals surface area contributed by atoms with Crippen molar-refractivity contribution >= 4 is 21.6 Å². The van der Waals surface area contributed by atoms with Gasteiger partial charge in [0.25, 0.3) is 0 Å². The van der Waals surface area contributed by atoms with Crippen LogP contribution in [0.5, 0.6) is 0 Å². The maximum Gasteiger partial charge on any atom is 0.214 e. The predicted molar refractivity (Wildman–Crippen MR) is 65.1 cm³/mol. The third kappa shape index (κ3) is 4.20. The molecular weight excluding hydrogens is 250 g/mol. The summed E-state index contributed by atoms with van der Waals surface area (Å²) in [7, 11) is -3.13. The van der Waals surface area contributed by atoms with E-state index in [0.29, 0.717) is 37.7 Å². The zero-order valence-electron chi connectivity index (χ0n) is 9.44. The maximum atomic E-state index is 11.9. The Morgan fingerprint density at radius 2 is 2.19 bits per heavy atom. The molecule has 1 heterocycles. The second-order valence-corrected chi connectivity index (χ2v) is 6.70. The predicted octanol–water partition coefficient (Wildman–Crippen LogP) is 1.04. The molecule has 0 saturated carbocycles. The second kappa shape index (κ2) is 6.79. The van der Waals surface area contributed by atoms with E-state index in [0.717, 1.165) is 12.8 Å². The van der Waals surface area contributed by atoms with Crippen molar-refractivity contribution in [2.75, 3.05) is 31.3 Å². The molecule has 0 radical (unpaired) electrons. The summed E-state index contributed by atoms with van der Waals surface area (Å²) in [5, 5.41) is 8.86. The van der Waals surface area contributed by atoms with Gasteiger partial charge >= 0.3 is 0 Å². The van der Waals surface area contributed by atoms with E-state index < -0.39 is 10.0 Å². The van der Waals surface area contributed by atoms with Crippen molar-refractivity contribution in [2.45, 2.75) is 25.7 Å². The fourth-order valence-electron chi connectivity index (χ4n) is 2.06. The summed E-state index contributed by atoms with van der Waals surface area (Å²) in [6.45, 7) is 1.32. The SMILES string of the molecule is O=S(=O)(CCCCl)N1CCCC(CCO)C1. The molecule has 1 N–H and O–H groups in total. The van der Waals surface area contributed by atoms with Crippen LogP contribution in [0.4, 0.5) is 0 Å². The molecular formula is C10H20ClNO3S. The van der Waals surface area contributed by atoms with E-state index in [9.17, 15) is 8.42 Å². The maximum absolute atomic E-state index is 11.9. The van der Waals surface area contributed by atoms with E-state index in [1.165, 1.54) is 0 Å². The highest BCUT2D eigenvalue weighted by Crippen LogP contribution is 2.22. The van der Waals surface area contributed by atoms with Crippen LogP contribution in [0.1, 0.15) is 25.7 Å². The fourth-order valence-corrected chi connectivity index (χ4v) is 3.97. The number of nitrogens with zero attached hydrogens (tertiary/aromatic N) is 1. The molecule has 0 amide bonds. The summed E-state index contributed by atoms with van der Waals surface area (Å²) in [6, 6.07) is 0. The molecule has 1 aliphatic rings. The largest absolute Gasteiger partial charge is 0.396 e. The van der Waals surface area contributed by atoms with Crippen LogP contribution in [-0.4, -0.2) is 49.2 Å². The molecule has 0 aliphatic carbocycles. The molecule has 16 heavy (non-hydrogen) atoms. The quantitative estimate of drug-likeness (QED) is 0.733. The minimum atomic E-state index is -3.13. The van der Waals surface area contributed by atoms with Gasteiger partial charge in [0.15, 0.2) is 0 Å². The Hall–Kier alpha value is 0.160. The van der Waals surface area contributed by atoms with E-state index in [1.807, 2.05) is 0 Å². The Bertz CT molecular complexity index is 292. The monoisotopic (exact) mass is 269 g/mol. The van der Waals surface area contributed by atoms with Gasteiger partial charge < -0.3 is 5.11 Å². The molecule has 1 unspecified atom stereocenters. The molecule has 0 aromatic rings. The lowest BCUT2D eigenvalue weighted by atomic mass is 9.97. The van der Waals surface area contributed by atoms with Crippen LogP contribution < -0.4 is 0 Å². The zero-order chi connectivity index (χ0) is 12.0. The molecule has 4 nitrogen and oxygen atoms in total. The van der Waals surface area contributed by atoms with Gasteiger partial charge in [-0.15, -0.1) is 11.6 Å². The van der Waals surface area contributed by atoms with E-state index in [1.54, 1.807) is 4.31 Å². The first kappa shape index (κ1) is 14.2. The number of piperidine rings is 1. The molecule has 1 rings (SSSR count). The Morgan fingerprint density at radius 3 is 2.81 bits per heavy atom. The van der Waals surface area contributed by atoms with Gasteiger partial charge in [-0.2, -0.15) is 0 Å². The van der Waals surface area contributed by atoms with Crippen molar-refractivity contribution in [1.82, 2.24) is 4.31 Å². The second-order valence-electron chi connectivity index (χ2n) is 4.24. The number of halogens is 1. The van der Waals surface area contributed by atoms with E-state index >= 15 is 0 Å². The third-order valence-electron chi connectivity index (χ3n) is 2.95. The van der Waals surface area contributed by atoms with Gasteiger partial charge in [0.2, 0.25) is 10.0 Å². The lowest BCUT2D eigenvalue weighted by molar-refractivity contribution is 0.203. The minimum Gasteiger partial charge on any atom is -0.396 e. The van der Waals surface area contributed by atoms with Gasteiger partial charge in [-0.1, -0.05) is 0 Å². The number of hydrogen-bond donors (Lipinski definition) is 1. The number of hydrogen-bond acceptors (Lipinski definition) is 3. The Morgan fingerprint density at radius 1 is 1.44 bits per heavy atom. The van der Waals surface area contributed by atoms with Gasteiger partial charge in [0, 0.05) is 25.6 Å². The molecule has 0 aromatic heterocycles. The highest BCUT2D eigenvalue weighted by atomic mass is 35.5. The standard InChI is InChI=1S/C10H20ClNO3S/c11-5-2-8-16(14,15)12-6-1-3-10(9-12)4-7-13/h10,13H,1-9H2. The molecule has 0 bridgehead atoms. The van der Waals surface area contributed by atoms with Crippen LogP contribution in [0.15, 0.2) is 0 Å². The fraction of sp³-hybridized carbons (Fsp3) is 1.00. The Labute approximate surface area is 103 Å². The van der Waals surface area contributed by atoms with E-state index in [4.69, 9.17) is 16.7 Å². The van der Waals surface area contributed by atoms with Gasteiger partial charge in [-0.25, -0.2) is 12.7 Å². The Balaban J connectivity index is 2.52.